The van der Waals surface area contributed by atoms with Gasteiger partial charge in [-0.3, -0.25) is 0 Å². The molecule has 0 saturated carbocycles. The summed E-state index contributed by atoms with van der Waals surface area (Å²) in [6.45, 7) is 2.20. The quantitative estimate of drug-likeness (QED) is 0.0872. The Kier molecular flexibility index (Phi) is 14.9. The molecule has 11 atom stereocenters. The molecule has 0 unspecified atom stereocenters. The number of methoxy groups -OCH3 is 1. The minimum absolute atomic E-state index is 0.145. The van der Waals surface area contributed by atoms with Crippen molar-refractivity contribution in [3.8, 4) is 0 Å². The van der Waals surface area contributed by atoms with E-state index in [2.05, 4.69) is 84.9 Å². The van der Waals surface area contributed by atoms with E-state index in [4.69, 9.17) is 52.1 Å². The third kappa shape index (κ3) is 9.91. The second kappa shape index (κ2) is 22.5. The third-order valence-corrected chi connectivity index (χ3v) is 15.2. The molecule has 74 heavy (non-hydrogen) atoms. The molecule has 11 heteroatoms. The van der Waals surface area contributed by atoms with Gasteiger partial charge in [0.1, 0.15) is 61.0 Å². The summed E-state index contributed by atoms with van der Waals surface area (Å²) in [7, 11) is 1.64. The smallest absolute Gasteiger partial charge is 0.186 e. The molecule has 1 spiro atoms. The second-order valence-electron chi connectivity index (χ2n) is 19.7. The van der Waals surface area contributed by atoms with Crippen LogP contribution < -0.4 is 0 Å². The number of hydrogen-bond donors (Lipinski definition) is 0. The maximum Gasteiger partial charge on any atom is 0.186 e. The van der Waals surface area contributed by atoms with Gasteiger partial charge in [0, 0.05) is 12.7 Å². The second-order valence-corrected chi connectivity index (χ2v) is 19.7. The molecule has 0 radical (unpaired) electrons. The van der Waals surface area contributed by atoms with E-state index in [0.29, 0.717) is 39.6 Å². The molecule has 7 aromatic carbocycles. The number of rotatable bonds is 17. The monoisotopic (exact) mass is 994 g/mol. The van der Waals surface area contributed by atoms with Gasteiger partial charge in [0.15, 0.2) is 12.6 Å². The summed E-state index contributed by atoms with van der Waals surface area (Å²) < 4.78 is 75.8. The van der Waals surface area contributed by atoms with E-state index in [0.717, 1.165) is 50.1 Å². The van der Waals surface area contributed by atoms with Crippen molar-refractivity contribution in [2.45, 2.75) is 105 Å². The zero-order chi connectivity index (χ0) is 49.7. The molecule has 11 nitrogen and oxygen atoms in total. The predicted molar refractivity (Wildman–Crippen MR) is 276 cm³/mol. The molecular formula is C63H62O11. The highest BCUT2D eigenvalue weighted by atomic mass is 16.7. The summed E-state index contributed by atoms with van der Waals surface area (Å²) in [5.41, 5.74) is 8.54. The Bertz CT molecular complexity index is 2830. The van der Waals surface area contributed by atoms with E-state index in [1.165, 1.54) is 0 Å². The van der Waals surface area contributed by atoms with Gasteiger partial charge in [0.05, 0.1) is 51.7 Å². The molecule has 0 aromatic heterocycles. The fourth-order valence-electron chi connectivity index (χ4n) is 11.7. The molecule has 4 fully saturated rings. The van der Waals surface area contributed by atoms with Gasteiger partial charge in [-0.2, -0.15) is 0 Å². The highest BCUT2D eigenvalue weighted by Gasteiger charge is 2.64. The van der Waals surface area contributed by atoms with Gasteiger partial charge in [-0.1, -0.05) is 200 Å². The van der Waals surface area contributed by atoms with Crippen LogP contribution in [0.1, 0.15) is 62.5 Å². The number of hydrogen-bond acceptors (Lipinski definition) is 11. The fourth-order valence-corrected chi connectivity index (χ4v) is 11.7. The molecule has 5 aliphatic rings. The third-order valence-electron chi connectivity index (χ3n) is 15.2. The number of fused-ring (bicyclic) bond motifs is 7. The van der Waals surface area contributed by atoms with Gasteiger partial charge in [0.2, 0.25) is 0 Å². The number of benzene rings is 7. The average molecular weight is 995 g/mol. The van der Waals surface area contributed by atoms with Crippen LogP contribution in [-0.2, 0) is 83.9 Å². The van der Waals surface area contributed by atoms with Crippen LogP contribution in [0.15, 0.2) is 200 Å². The van der Waals surface area contributed by atoms with Gasteiger partial charge in [0.25, 0.3) is 0 Å². The van der Waals surface area contributed by atoms with Crippen molar-refractivity contribution >= 4 is 0 Å². The summed E-state index contributed by atoms with van der Waals surface area (Å²) >= 11 is 0. The largest absolute Gasteiger partial charge is 0.371 e. The Labute approximate surface area is 433 Å². The first-order valence-electron chi connectivity index (χ1n) is 25.8. The van der Waals surface area contributed by atoms with E-state index in [-0.39, 0.29) is 6.61 Å². The normalized spacial score (nSPS) is 30.0. The topological polar surface area (TPSA) is 102 Å². The summed E-state index contributed by atoms with van der Waals surface area (Å²) in [6.07, 6.45) is -6.66. The lowest BCUT2D eigenvalue weighted by Crippen LogP contribution is -2.64. The molecule has 4 aliphatic heterocycles. The van der Waals surface area contributed by atoms with Crippen LogP contribution in [-0.4, -0.2) is 88.2 Å². The molecule has 0 amide bonds. The first kappa shape index (κ1) is 49.0. The summed E-state index contributed by atoms with van der Waals surface area (Å²) in [5.74, 6) is 0. The van der Waals surface area contributed by atoms with Gasteiger partial charge < -0.3 is 52.1 Å². The van der Waals surface area contributed by atoms with Crippen LogP contribution in [0.5, 0.6) is 0 Å². The standard InChI is InChI=1S/C63H62O11/c1-64-62-59(68-38-45-27-13-5-14-28-45)56(66-36-43-23-9-3-10-24-43)54(65-35-42-21-7-2-8-22-42)51(73-62)39-69-53-47-31-17-19-33-49(47)63(50-34-20-18-32-48(50)53)41-71-58-57(67-37-44-25-11-4-12-26-44)55-52(72-60(58)63)40-70-61(74-55)46-29-15-6-16-30-46/h2-34,51-62H,35-41H2,1H3/t51-,52-,53?,54+,55-,56+,57+,58-,59-,60+,61-,62+,63?/m1/s1. The first-order chi connectivity index (χ1) is 36.6. The Hall–Kier alpha value is -5.90. The molecule has 7 aromatic rings. The van der Waals surface area contributed by atoms with E-state index < -0.39 is 79.0 Å². The Balaban J connectivity index is 0.865. The van der Waals surface area contributed by atoms with Crippen LogP contribution >= 0.6 is 0 Å². The van der Waals surface area contributed by atoms with E-state index in [9.17, 15) is 0 Å². The predicted octanol–water partition coefficient (Wildman–Crippen LogP) is 10.4. The molecule has 4 heterocycles. The van der Waals surface area contributed by atoms with Crippen LogP contribution in [0, 0.1) is 0 Å². The van der Waals surface area contributed by atoms with Crippen LogP contribution in [0.4, 0.5) is 0 Å². The van der Waals surface area contributed by atoms with Gasteiger partial charge >= 0.3 is 0 Å². The number of ether oxygens (including phenoxy) is 11. The van der Waals surface area contributed by atoms with Gasteiger partial charge in [-0.05, 0) is 44.5 Å². The van der Waals surface area contributed by atoms with Crippen LogP contribution in [0.3, 0.4) is 0 Å². The molecular weight excluding hydrogens is 933 g/mol. The Morgan fingerprint density at radius 3 is 1.46 bits per heavy atom. The minimum atomic E-state index is -0.800. The Morgan fingerprint density at radius 1 is 0.446 bits per heavy atom. The lowest BCUT2D eigenvalue weighted by molar-refractivity contribution is -0.331. The summed E-state index contributed by atoms with van der Waals surface area (Å²) in [6, 6.07) is 67.8. The molecule has 0 N–H and O–H groups in total. The zero-order valence-electron chi connectivity index (χ0n) is 41.4. The molecule has 12 rings (SSSR count). The van der Waals surface area contributed by atoms with Crippen molar-refractivity contribution in [1.82, 2.24) is 0 Å². The minimum Gasteiger partial charge on any atom is -0.371 e. The molecule has 4 saturated heterocycles. The Morgan fingerprint density at radius 2 is 0.919 bits per heavy atom. The van der Waals surface area contributed by atoms with E-state index in [1.807, 2.05) is 115 Å². The van der Waals surface area contributed by atoms with Crippen molar-refractivity contribution in [2.75, 3.05) is 26.9 Å². The summed E-state index contributed by atoms with van der Waals surface area (Å²) in [4.78, 5) is 0. The van der Waals surface area contributed by atoms with E-state index >= 15 is 0 Å². The SMILES string of the molecule is CO[C@H]1O[C@H](COC2c3ccccc3C3(CO[C@@H]4[C@@H](OCc5ccccc5)[C@@H]5O[C@H](c6ccccc6)OC[C@H]5O[C@@H]43)c3ccccc32)[C@H](OCc2ccccc2)[C@H](OCc2ccccc2)[C@H]1OCc1ccccc1. The molecule has 380 valence electrons. The first-order valence-corrected chi connectivity index (χ1v) is 25.8. The molecule has 0 bridgehead atoms. The van der Waals surface area contributed by atoms with Crippen LogP contribution in [0.25, 0.3) is 0 Å². The maximum absolute atomic E-state index is 7.33. The van der Waals surface area contributed by atoms with Crippen molar-refractivity contribution in [3.63, 3.8) is 0 Å². The summed E-state index contributed by atoms with van der Waals surface area (Å²) in [5, 5.41) is 0. The molecule has 1 aliphatic carbocycles. The van der Waals surface area contributed by atoms with Gasteiger partial charge in [-0.15, -0.1) is 0 Å². The van der Waals surface area contributed by atoms with Crippen LogP contribution in [0.2, 0.25) is 0 Å². The average Bonchev–Trinajstić information content (AvgIpc) is 3.91. The highest BCUT2D eigenvalue weighted by molar-refractivity contribution is 5.58. The van der Waals surface area contributed by atoms with E-state index in [1.54, 1.807) is 7.11 Å². The zero-order valence-corrected chi connectivity index (χ0v) is 41.4. The lowest BCUT2D eigenvalue weighted by Gasteiger charge is -2.51. The van der Waals surface area contributed by atoms with Crippen molar-refractivity contribution in [3.05, 3.63) is 250 Å². The lowest BCUT2D eigenvalue weighted by atomic mass is 9.62. The van der Waals surface area contributed by atoms with Crippen molar-refractivity contribution < 1.29 is 52.1 Å². The van der Waals surface area contributed by atoms with Gasteiger partial charge in [-0.25, -0.2) is 0 Å². The highest BCUT2D eigenvalue weighted by Crippen LogP contribution is 2.56. The fraction of sp³-hybridized carbons (Fsp3) is 0.333. The van der Waals surface area contributed by atoms with Crippen molar-refractivity contribution in [1.29, 1.82) is 0 Å². The maximum atomic E-state index is 7.33. The van der Waals surface area contributed by atoms with Crippen molar-refractivity contribution in [2.24, 2.45) is 0 Å².